The monoisotopic (exact) mass is 362 g/mol. The fourth-order valence-corrected chi connectivity index (χ4v) is 3.78. The molecule has 1 atom stereocenters. The van der Waals surface area contributed by atoms with Gasteiger partial charge in [0.25, 0.3) is 5.91 Å². The maximum Gasteiger partial charge on any atom is 0.284 e. The van der Waals surface area contributed by atoms with Crippen LogP contribution in [0.15, 0.2) is 77.2 Å². The molecular weight excluding hydrogens is 344 g/mol. The van der Waals surface area contributed by atoms with E-state index in [2.05, 4.69) is 0 Å². The van der Waals surface area contributed by atoms with Crippen molar-refractivity contribution in [3.63, 3.8) is 0 Å². The van der Waals surface area contributed by atoms with E-state index in [-0.39, 0.29) is 11.9 Å². The number of thiophene rings is 1. The van der Waals surface area contributed by atoms with Gasteiger partial charge in [0, 0.05) is 6.42 Å². The number of benzene rings is 2. The van der Waals surface area contributed by atoms with E-state index in [4.69, 9.17) is 9.84 Å². The SMILES string of the molecule is COc1cccc([C@H]2CC(c3ccccc3)=NN2C(=O)c2cccs2)c1. The van der Waals surface area contributed by atoms with Crippen molar-refractivity contribution in [1.29, 1.82) is 0 Å². The van der Waals surface area contributed by atoms with Crippen LogP contribution in [-0.4, -0.2) is 23.7 Å². The van der Waals surface area contributed by atoms with Gasteiger partial charge >= 0.3 is 0 Å². The van der Waals surface area contributed by atoms with Crippen molar-refractivity contribution in [2.45, 2.75) is 12.5 Å². The van der Waals surface area contributed by atoms with E-state index < -0.39 is 0 Å². The van der Waals surface area contributed by atoms with Crippen LogP contribution >= 0.6 is 11.3 Å². The second kappa shape index (κ2) is 7.14. The molecule has 0 bridgehead atoms. The van der Waals surface area contributed by atoms with Gasteiger partial charge in [-0.25, -0.2) is 5.01 Å². The fourth-order valence-electron chi connectivity index (χ4n) is 3.12. The minimum atomic E-state index is -0.144. The summed E-state index contributed by atoms with van der Waals surface area (Å²) in [7, 11) is 1.65. The first-order valence-corrected chi connectivity index (χ1v) is 9.28. The van der Waals surface area contributed by atoms with Gasteiger partial charge < -0.3 is 4.74 Å². The molecule has 0 aliphatic carbocycles. The van der Waals surface area contributed by atoms with Crippen molar-refractivity contribution >= 4 is 23.0 Å². The maximum atomic E-state index is 13.0. The number of hydrogen-bond acceptors (Lipinski definition) is 4. The van der Waals surface area contributed by atoms with Crippen molar-refractivity contribution in [2.24, 2.45) is 5.10 Å². The number of nitrogens with zero attached hydrogens (tertiary/aromatic N) is 2. The van der Waals surface area contributed by atoms with Crippen molar-refractivity contribution in [2.75, 3.05) is 7.11 Å². The van der Waals surface area contributed by atoms with E-state index in [1.165, 1.54) is 11.3 Å². The Balaban J connectivity index is 1.73. The lowest BCUT2D eigenvalue weighted by molar-refractivity contribution is 0.0716. The normalized spacial score (nSPS) is 16.4. The van der Waals surface area contributed by atoms with Crippen LogP contribution in [0.5, 0.6) is 5.75 Å². The molecule has 1 aliphatic heterocycles. The van der Waals surface area contributed by atoms with E-state index in [1.807, 2.05) is 72.1 Å². The average Bonchev–Trinajstić information content (AvgIpc) is 3.38. The molecule has 0 unspecified atom stereocenters. The predicted molar refractivity (Wildman–Crippen MR) is 104 cm³/mol. The average molecular weight is 362 g/mol. The quantitative estimate of drug-likeness (QED) is 0.672. The van der Waals surface area contributed by atoms with Crippen molar-refractivity contribution in [1.82, 2.24) is 5.01 Å². The third kappa shape index (κ3) is 3.13. The number of hydrogen-bond donors (Lipinski definition) is 0. The molecule has 5 heteroatoms. The molecule has 0 N–H and O–H groups in total. The third-order valence-electron chi connectivity index (χ3n) is 4.44. The predicted octanol–water partition coefficient (Wildman–Crippen LogP) is 4.75. The van der Waals surface area contributed by atoms with Gasteiger partial charge in [0.05, 0.1) is 23.7 Å². The number of ether oxygens (including phenoxy) is 1. The Morgan fingerprint density at radius 3 is 2.69 bits per heavy atom. The number of hydrazone groups is 1. The molecule has 0 spiro atoms. The second-order valence-electron chi connectivity index (χ2n) is 6.04. The smallest absolute Gasteiger partial charge is 0.284 e. The van der Waals surface area contributed by atoms with E-state index in [0.29, 0.717) is 11.3 Å². The van der Waals surface area contributed by atoms with Gasteiger partial charge in [0.2, 0.25) is 0 Å². The highest BCUT2D eigenvalue weighted by atomic mass is 32.1. The molecule has 4 rings (SSSR count). The third-order valence-corrected chi connectivity index (χ3v) is 5.29. The molecular formula is C21H18N2O2S. The van der Waals surface area contributed by atoms with Gasteiger partial charge in [-0.2, -0.15) is 5.10 Å². The highest BCUT2D eigenvalue weighted by Crippen LogP contribution is 2.35. The van der Waals surface area contributed by atoms with Crippen LogP contribution in [-0.2, 0) is 0 Å². The van der Waals surface area contributed by atoms with Gasteiger partial charge in [-0.1, -0.05) is 48.5 Å². The first-order chi connectivity index (χ1) is 12.8. The van der Waals surface area contributed by atoms with Crippen LogP contribution in [0.3, 0.4) is 0 Å². The molecule has 4 nitrogen and oxygen atoms in total. The largest absolute Gasteiger partial charge is 0.497 e. The zero-order valence-electron chi connectivity index (χ0n) is 14.3. The summed E-state index contributed by atoms with van der Waals surface area (Å²) in [5.74, 6) is 0.706. The zero-order valence-corrected chi connectivity index (χ0v) is 15.1. The molecule has 0 saturated carbocycles. The Kier molecular flexibility index (Phi) is 4.54. The Morgan fingerprint density at radius 2 is 1.96 bits per heavy atom. The molecule has 1 aliphatic rings. The summed E-state index contributed by atoms with van der Waals surface area (Å²) >= 11 is 1.43. The highest BCUT2D eigenvalue weighted by molar-refractivity contribution is 7.12. The fraction of sp³-hybridized carbons (Fsp3) is 0.143. The van der Waals surface area contributed by atoms with Crippen LogP contribution in [0.4, 0.5) is 0 Å². The minimum absolute atomic E-state index is 0.0706. The van der Waals surface area contributed by atoms with E-state index in [0.717, 1.165) is 22.6 Å². The molecule has 1 amide bonds. The van der Waals surface area contributed by atoms with E-state index >= 15 is 0 Å². The first kappa shape index (κ1) is 16.5. The minimum Gasteiger partial charge on any atom is -0.497 e. The molecule has 1 aromatic heterocycles. The molecule has 0 saturated heterocycles. The summed E-state index contributed by atoms with van der Waals surface area (Å²) in [5.41, 5.74) is 2.98. The van der Waals surface area contributed by atoms with Crippen LogP contribution in [0, 0.1) is 0 Å². The maximum absolute atomic E-state index is 13.0. The Morgan fingerprint density at radius 1 is 1.12 bits per heavy atom. The number of carbonyl (C=O) groups excluding carboxylic acids is 1. The first-order valence-electron chi connectivity index (χ1n) is 8.40. The molecule has 2 aromatic carbocycles. The van der Waals surface area contributed by atoms with Crippen LogP contribution in [0.2, 0.25) is 0 Å². The molecule has 0 radical (unpaired) electrons. The van der Waals surface area contributed by atoms with Crippen molar-refractivity contribution in [3.05, 3.63) is 88.1 Å². The highest BCUT2D eigenvalue weighted by Gasteiger charge is 2.34. The van der Waals surface area contributed by atoms with Gasteiger partial charge in [0.1, 0.15) is 5.75 Å². The summed E-state index contributed by atoms with van der Waals surface area (Å²) in [6, 6.07) is 21.4. The molecule has 3 aromatic rings. The van der Waals surface area contributed by atoms with E-state index in [9.17, 15) is 4.79 Å². The van der Waals surface area contributed by atoms with Crippen LogP contribution in [0.1, 0.15) is 33.3 Å². The number of amides is 1. The van der Waals surface area contributed by atoms with Gasteiger partial charge in [-0.15, -0.1) is 11.3 Å². The standard InChI is InChI=1S/C21H18N2O2S/c1-25-17-10-5-9-16(13-17)19-14-18(15-7-3-2-4-8-15)22-23(19)21(24)20-11-6-12-26-20/h2-13,19H,14H2,1H3/t19-/m1/s1. The van der Waals surface area contributed by atoms with Crippen molar-refractivity contribution in [3.8, 4) is 5.75 Å². The lowest BCUT2D eigenvalue weighted by atomic mass is 9.98. The Labute approximate surface area is 156 Å². The molecule has 0 fully saturated rings. The summed E-state index contributed by atoms with van der Waals surface area (Å²) in [6.07, 6.45) is 0.675. The molecule has 26 heavy (non-hydrogen) atoms. The van der Waals surface area contributed by atoms with Crippen molar-refractivity contribution < 1.29 is 9.53 Å². The lowest BCUT2D eigenvalue weighted by Gasteiger charge is -2.21. The zero-order chi connectivity index (χ0) is 17.9. The number of methoxy groups -OCH3 is 1. The van der Waals surface area contributed by atoms with E-state index in [1.54, 1.807) is 12.1 Å². The summed E-state index contributed by atoms with van der Waals surface area (Å²) in [5, 5.41) is 8.22. The molecule has 130 valence electrons. The summed E-state index contributed by atoms with van der Waals surface area (Å²) in [6.45, 7) is 0. The second-order valence-corrected chi connectivity index (χ2v) is 6.98. The van der Waals surface area contributed by atoms with Gasteiger partial charge in [-0.05, 0) is 34.7 Å². The Bertz CT molecular complexity index is 936. The number of carbonyl (C=O) groups is 1. The van der Waals surface area contributed by atoms with Gasteiger partial charge in [0.15, 0.2) is 0 Å². The number of rotatable bonds is 4. The van der Waals surface area contributed by atoms with Crippen LogP contribution in [0.25, 0.3) is 0 Å². The van der Waals surface area contributed by atoms with Gasteiger partial charge in [-0.3, -0.25) is 4.79 Å². The molecule has 2 heterocycles. The summed E-state index contributed by atoms with van der Waals surface area (Å²) < 4.78 is 5.36. The Hall–Kier alpha value is -2.92. The topological polar surface area (TPSA) is 41.9 Å². The lowest BCUT2D eigenvalue weighted by Crippen LogP contribution is -2.26. The van der Waals surface area contributed by atoms with Crippen LogP contribution < -0.4 is 4.74 Å². The summed E-state index contributed by atoms with van der Waals surface area (Å²) in [4.78, 5) is 13.7.